The third kappa shape index (κ3) is 4.56. The molecule has 1 aromatic rings. The summed E-state index contributed by atoms with van der Waals surface area (Å²) in [5.41, 5.74) is 4.64. The Kier molecular flexibility index (Phi) is 5.01. The van der Waals surface area contributed by atoms with Crippen LogP contribution in [0, 0.1) is 0 Å². The first-order chi connectivity index (χ1) is 8.30. The van der Waals surface area contributed by atoms with Crippen molar-refractivity contribution in [3.63, 3.8) is 0 Å². The number of rotatable bonds is 5. The Morgan fingerprint density at radius 2 is 2.06 bits per heavy atom. The van der Waals surface area contributed by atoms with Crippen LogP contribution in [0.2, 0.25) is 0 Å². The SMILES string of the molecule is CS(=O)CCCNc1ccc(N)cc1C(F)(F)F. The Hall–Kier alpha value is -1.24. The fourth-order valence-corrected chi connectivity index (χ4v) is 2.00. The van der Waals surface area contributed by atoms with E-state index in [1.54, 1.807) is 6.26 Å². The number of benzene rings is 1. The molecule has 0 heterocycles. The standard InChI is InChI=1S/C11H15F3N2OS/c1-18(17)6-2-5-16-10-4-3-8(15)7-9(10)11(12,13)14/h3-4,7,16H,2,5-6,15H2,1H3. The summed E-state index contributed by atoms with van der Waals surface area (Å²) in [4.78, 5) is 0. The molecule has 0 fully saturated rings. The van der Waals surface area contributed by atoms with E-state index >= 15 is 0 Å². The van der Waals surface area contributed by atoms with Gasteiger partial charge < -0.3 is 11.1 Å². The minimum absolute atomic E-state index is 0.00131. The molecule has 0 aliphatic heterocycles. The molecule has 1 rings (SSSR count). The predicted molar refractivity (Wildman–Crippen MR) is 67.9 cm³/mol. The summed E-state index contributed by atoms with van der Waals surface area (Å²) in [7, 11) is -0.932. The summed E-state index contributed by atoms with van der Waals surface area (Å²) in [6.45, 7) is 0.340. The van der Waals surface area contributed by atoms with Gasteiger partial charge in [0.2, 0.25) is 0 Å². The largest absolute Gasteiger partial charge is 0.418 e. The minimum Gasteiger partial charge on any atom is -0.399 e. The van der Waals surface area contributed by atoms with Crippen LogP contribution in [0.25, 0.3) is 0 Å². The minimum atomic E-state index is -4.44. The van der Waals surface area contributed by atoms with Gasteiger partial charge in [-0.1, -0.05) is 0 Å². The van der Waals surface area contributed by atoms with Crippen molar-refractivity contribution in [2.24, 2.45) is 0 Å². The molecule has 0 spiro atoms. The van der Waals surface area contributed by atoms with Crippen LogP contribution < -0.4 is 11.1 Å². The van der Waals surface area contributed by atoms with Crippen molar-refractivity contribution in [3.8, 4) is 0 Å². The second-order valence-corrected chi connectivity index (χ2v) is 5.42. The summed E-state index contributed by atoms with van der Waals surface area (Å²) in [6.07, 6.45) is -2.33. The van der Waals surface area contributed by atoms with Gasteiger partial charge in [-0.15, -0.1) is 0 Å². The summed E-state index contributed by atoms with van der Waals surface area (Å²) in [5, 5.41) is 2.69. The van der Waals surface area contributed by atoms with E-state index in [9.17, 15) is 17.4 Å². The Morgan fingerprint density at radius 3 is 2.61 bits per heavy atom. The zero-order valence-corrected chi connectivity index (χ0v) is 10.7. The number of alkyl halides is 3. The number of anilines is 2. The predicted octanol–water partition coefficient (Wildman–Crippen LogP) is 2.47. The summed E-state index contributed by atoms with van der Waals surface area (Å²) >= 11 is 0. The van der Waals surface area contributed by atoms with Crippen molar-refractivity contribution >= 4 is 22.2 Å². The van der Waals surface area contributed by atoms with E-state index in [1.165, 1.54) is 12.1 Å². The van der Waals surface area contributed by atoms with Gasteiger partial charge in [-0.2, -0.15) is 13.2 Å². The number of nitrogens with two attached hydrogens (primary N) is 1. The number of halogens is 3. The zero-order chi connectivity index (χ0) is 13.8. The van der Waals surface area contributed by atoms with E-state index in [2.05, 4.69) is 5.32 Å². The third-order valence-corrected chi connectivity index (χ3v) is 3.14. The van der Waals surface area contributed by atoms with Crippen LogP contribution in [-0.4, -0.2) is 22.8 Å². The monoisotopic (exact) mass is 280 g/mol. The molecular formula is C11H15F3N2OS. The van der Waals surface area contributed by atoms with Crippen LogP contribution in [0.5, 0.6) is 0 Å². The topological polar surface area (TPSA) is 55.1 Å². The molecule has 102 valence electrons. The lowest BCUT2D eigenvalue weighted by Crippen LogP contribution is -2.13. The molecule has 1 unspecified atom stereocenters. The van der Waals surface area contributed by atoms with Crippen LogP contribution >= 0.6 is 0 Å². The first-order valence-electron chi connectivity index (χ1n) is 5.31. The normalized spacial score (nSPS) is 13.3. The van der Waals surface area contributed by atoms with E-state index in [1.807, 2.05) is 0 Å². The van der Waals surface area contributed by atoms with E-state index in [0.717, 1.165) is 6.07 Å². The lowest BCUT2D eigenvalue weighted by Gasteiger charge is -2.15. The fourth-order valence-electron chi connectivity index (χ4n) is 1.45. The molecule has 7 heteroatoms. The van der Waals surface area contributed by atoms with Gasteiger partial charge in [-0.25, -0.2) is 0 Å². The second kappa shape index (κ2) is 6.08. The Labute approximate surface area is 106 Å². The quantitative estimate of drug-likeness (QED) is 0.643. The van der Waals surface area contributed by atoms with Gasteiger partial charge in [-0.05, 0) is 24.6 Å². The van der Waals surface area contributed by atoms with Crippen molar-refractivity contribution in [2.45, 2.75) is 12.6 Å². The van der Waals surface area contributed by atoms with Crippen molar-refractivity contribution < 1.29 is 17.4 Å². The van der Waals surface area contributed by atoms with Crippen LogP contribution in [-0.2, 0) is 17.0 Å². The van der Waals surface area contributed by atoms with E-state index < -0.39 is 22.5 Å². The van der Waals surface area contributed by atoms with Gasteiger partial charge in [0.25, 0.3) is 0 Å². The molecule has 0 saturated carbocycles. The molecule has 0 saturated heterocycles. The summed E-state index contributed by atoms with van der Waals surface area (Å²) < 4.78 is 49.0. The summed E-state index contributed by atoms with van der Waals surface area (Å²) in [6, 6.07) is 3.62. The highest BCUT2D eigenvalue weighted by molar-refractivity contribution is 7.84. The number of hydrogen-bond acceptors (Lipinski definition) is 3. The van der Waals surface area contributed by atoms with Gasteiger partial charge in [0.1, 0.15) is 0 Å². The molecule has 0 radical (unpaired) electrons. The smallest absolute Gasteiger partial charge is 0.399 e. The highest BCUT2D eigenvalue weighted by atomic mass is 32.2. The highest BCUT2D eigenvalue weighted by Crippen LogP contribution is 2.35. The maximum Gasteiger partial charge on any atom is 0.418 e. The van der Waals surface area contributed by atoms with Gasteiger partial charge in [0.15, 0.2) is 0 Å². The van der Waals surface area contributed by atoms with Crippen molar-refractivity contribution in [3.05, 3.63) is 23.8 Å². The van der Waals surface area contributed by atoms with E-state index in [4.69, 9.17) is 5.73 Å². The Balaban J connectivity index is 2.73. The van der Waals surface area contributed by atoms with Crippen molar-refractivity contribution in [2.75, 3.05) is 29.6 Å². The molecule has 0 aliphatic carbocycles. The molecule has 0 bridgehead atoms. The first kappa shape index (κ1) is 14.8. The molecular weight excluding hydrogens is 265 g/mol. The average Bonchev–Trinajstić information content (AvgIpc) is 2.24. The zero-order valence-electron chi connectivity index (χ0n) is 9.88. The molecule has 1 atom stereocenters. The van der Waals surface area contributed by atoms with Crippen LogP contribution in [0.1, 0.15) is 12.0 Å². The maximum atomic E-state index is 12.7. The number of nitrogens with one attached hydrogen (secondary N) is 1. The highest BCUT2D eigenvalue weighted by Gasteiger charge is 2.33. The van der Waals surface area contributed by atoms with Crippen LogP contribution in [0.15, 0.2) is 18.2 Å². The number of hydrogen-bond donors (Lipinski definition) is 2. The first-order valence-corrected chi connectivity index (χ1v) is 7.04. The van der Waals surface area contributed by atoms with Crippen LogP contribution in [0.3, 0.4) is 0 Å². The second-order valence-electron chi connectivity index (χ2n) is 3.86. The fraction of sp³-hybridized carbons (Fsp3) is 0.455. The third-order valence-electron chi connectivity index (χ3n) is 2.27. The van der Waals surface area contributed by atoms with Gasteiger partial charge >= 0.3 is 6.18 Å². The van der Waals surface area contributed by atoms with Crippen LogP contribution in [0.4, 0.5) is 24.5 Å². The van der Waals surface area contributed by atoms with E-state index in [0.29, 0.717) is 18.7 Å². The van der Waals surface area contributed by atoms with Gasteiger partial charge in [-0.3, -0.25) is 4.21 Å². The average molecular weight is 280 g/mol. The lowest BCUT2D eigenvalue weighted by molar-refractivity contribution is -0.136. The van der Waals surface area contributed by atoms with E-state index in [-0.39, 0.29) is 11.4 Å². The Morgan fingerprint density at radius 1 is 1.39 bits per heavy atom. The van der Waals surface area contributed by atoms with Crippen molar-refractivity contribution in [1.82, 2.24) is 0 Å². The maximum absolute atomic E-state index is 12.7. The molecule has 0 aromatic heterocycles. The van der Waals surface area contributed by atoms with Crippen molar-refractivity contribution in [1.29, 1.82) is 0 Å². The van der Waals surface area contributed by atoms with Gasteiger partial charge in [0, 0.05) is 40.7 Å². The molecule has 3 nitrogen and oxygen atoms in total. The van der Waals surface area contributed by atoms with Gasteiger partial charge in [0.05, 0.1) is 5.56 Å². The summed E-state index contributed by atoms with van der Waals surface area (Å²) in [5.74, 6) is 0.462. The molecule has 1 aromatic carbocycles. The molecule has 0 amide bonds. The Bertz CT molecular complexity index is 435. The lowest BCUT2D eigenvalue weighted by atomic mass is 10.1. The molecule has 3 N–H and O–H groups in total. The molecule has 0 aliphatic rings. The molecule has 18 heavy (non-hydrogen) atoms. The number of nitrogen functional groups attached to an aromatic ring is 1.